The van der Waals surface area contributed by atoms with Gasteiger partial charge in [0.1, 0.15) is 0 Å². The second-order valence-corrected chi connectivity index (χ2v) is 5.20. The molecule has 0 bridgehead atoms. The average molecular weight is 256 g/mol. The van der Waals surface area contributed by atoms with Crippen molar-refractivity contribution in [3.8, 4) is 0 Å². The predicted octanol–water partition coefficient (Wildman–Crippen LogP) is 2.47. The Balaban J connectivity index is 2.53. The summed E-state index contributed by atoms with van der Waals surface area (Å²) in [7, 11) is 0. The number of halogens is 2. The van der Waals surface area contributed by atoms with E-state index in [4.69, 9.17) is 5.73 Å². The van der Waals surface area contributed by atoms with E-state index in [0.717, 1.165) is 11.6 Å². The Hall–Kier alpha value is -1.00. The van der Waals surface area contributed by atoms with E-state index in [0.29, 0.717) is 25.4 Å². The molecule has 1 unspecified atom stereocenters. The summed E-state index contributed by atoms with van der Waals surface area (Å²) < 4.78 is 25.8. The highest BCUT2D eigenvalue weighted by molar-refractivity contribution is 5.18. The van der Waals surface area contributed by atoms with E-state index in [9.17, 15) is 8.78 Å². The minimum absolute atomic E-state index is 0.126. The van der Waals surface area contributed by atoms with Gasteiger partial charge in [0.15, 0.2) is 11.6 Å². The summed E-state index contributed by atoms with van der Waals surface area (Å²) in [6.07, 6.45) is 0.652. The molecule has 0 fully saturated rings. The molecule has 18 heavy (non-hydrogen) atoms. The monoisotopic (exact) mass is 256 g/mol. The van der Waals surface area contributed by atoms with Crippen molar-refractivity contribution >= 4 is 0 Å². The maximum Gasteiger partial charge on any atom is 0.159 e. The van der Waals surface area contributed by atoms with Crippen LogP contribution in [0.4, 0.5) is 8.78 Å². The predicted molar refractivity (Wildman–Crippen MR) is 70.4 cm³/mol. The molecule has 0 heterocycles. The number of hydrogen-bond acceptors (Lipinski definition) is 2. The molecule has 2 nitrogen and oxygen atoms in total. The molecule has 0 spiro atoms. The van der Waals surface area contributed by atoms with Crippen LogP contribution in [0, 0.1) is 17.6 Å². The van der Waals surface area contributed by atoms with Gasteiger partial charge < -0.3 is 11.1 Å². The van der Waals surface area contributed by atoms with E-state index in [-0.39, 0.29) is 5.54 Å². The second kappa shape index (κ2) is 6.25. The lowest BCUT2D eigenvalue weighted by Crippen LogP contribution is -2.53. The molecular formula is C14H22F2N2. The molecule has 0 saturated carbocycles. The first-order valence-corrected chi connectivity index (χ1v) is 6.28. The van der Waals surface area contributed by atoms with Crippen LogP contribution in [0.5, 0.6) is 0 Å². The normalized spacial score (nSPS) is 14.8. The van der Waals surface area contributed by atoms with Crippen LogP contribution < -0.4 is 11.1 Å². The van der Waals surface area contributed by atoms with Gasteiger partial charge in [0, 0.05) is 12.1 Å². The van der Waals surface area contributed by atoms with Crippen LogP contribution in [0.25, 0.3) is 0 Å². The summed E-state index contributed by atoms with van der Waals surface area (Å²) in [6.45, 7) is 7.52. The second-order valence-electron chi connectivity index (χ2n) is 5.20. The summed E-state index contributed by atoms with van der Waals surface area (Å²) in [5.74, 6) is -1.19. The summed E-state index contributed by atoms with van der Waals surface area (Å²) in [6, 6.07) is 4.01. The van der Waals surface area contributed by atoms with Gasteiger partial charge in [-0.2, -0.15) is 0 Å². The van der Waals surface area contributed by atoms with E-state index < -0.39 is 11.6 Å². The van der Waals surface area contributed by atoms with Gasteiger partial charge in [-0.15, -0.1) is 0 Å². The van der Waals surface area contributed by atoms with E-state index in [1.165, 1.54) is 6.07 Å². The molecule has 3 N–H and O–H groups in total. The highest BCUT2D eigenvalue weighted by Crippen LogP contribution is 2.15. The molecule has 1 rings (SSSR count). The highest BCUT2D eigenvalue weighted by atomic mass is 19.2. The van der Waals surface area contributed by atoms with Crippen LogP contribution in [0.3, 0.4) is 0 Å². The summed E-state index contributed by atoms with van der Waals surface area (Å²) in [5.41, 5.74) is 6.41. The molecule has 1 atom stereocenters. The van der Waals surface area contributed by atoms with Gasteiger partial charge in [-0.25, -0.2) is 8.78 Å². The van der Waals surface area contributed by atoms with Crippen LogP contribution in [0.1, 0.15) is 26.3 Å². The number of nitrogens with one attached hydrogen (secondary N) is 1. The standard InChI is InChI=1S/C14H22F2N2/c1-10(2)14(3,9-17)18-7-6-11-4-5-12(15)13(16)8-11/h4-5,8,10,18H,6-7,9,17H2,1-3H3. The van der Waals surface area contributed by atoms with Crippen molar-refractivity contribution in [3.63, 3.8) is 0 Å². The quantitative estimate of drug-likeness (QED) is 0.820. The van der Waals surface area contributed by atoms with Gasteiger partial charge in [0.05, 0.1) is 0 Å². The average Bonchev–Trinajstić information content (AvgIpc) is 2.33. The maximum atomic E-state index is 13.0. The molecule has 0 aliphatic carbocycles. The van der Waals surface area contributed by atoms with Gasteiger partial charge in [-0.1, -0.05) is 19.9 Å². The molecule has 0 radical (unpaired) electrons. The van der Waals surface area contributed by atoms with Crippen molar-refractivity contribution in [1.29, 1.82) is 0 Å². The van der Waals surface area contributed by atoms with Gasteiger partial charge in [-0.05, 0) is 43.5 Å². The lowest BCUT2D eigenvalue weighted by Gasteiger charge is -2.33. The van der Waals surface area contributed by atoms with E-state index in [1.54, 1.807) is 6.07 Å². The fourth-order valence-corrected chi connectivity index (χ4v) is 1.70. The molecule has 0 aliphatic rings. The summed E-state index contributed by atoms with van der Waals surface area (Å²) in [4.78, 5) is 0. The summed E-state index contributed by atoms with van der Waals surface area (Å²) >= 11 is 0. The van der Waals surface area contributed by atoms with Crippen LogP contribution in [0.2, 0.25) is 0 Å². The van der Waals surface area contributed by atoms with Crippen LogP contribution in [-0.4, -0.2) is 18.6 Å². The Kier molecular flexibility index (Phi) is 5.23. The van der Waals surface area contributed by atoms with Gasteiger partial charge in [-0.3, -0.25) is 0 Å². The zero-order valence-corrected chi connectivity index (χ0v) is 11.3. The molecule has 1 aromatic carbocycles. The fraction of sp³-hybridized carbons (Fsp3) is 0.571. The minimum atomic E-state index is -0.805. The zero-order valence-electron chi connectivity index (χ0n) is 11.3. The van der Waals surface area contributed by atoms with Gasteiger partial charge in [0.25, 0.3) is 0 Å². The Morgan fingerprint density at radius 1 is 1.28 bits per heavy atom. The first kappa shape index (κ1) is 15.1. The minimum Gasteiger partial charge on any atom is -0.329 e. The van der Waals surface area contributed by atoms with Crippen molar-refractivity contribution in [2.75, 3.05) is 13.1 Å². The molecule has 1 aromatic rings. The zero-order chi connectivity index (χ0) is 13.8. The van der Waals surface area contributed by atoms with Gasteiger partial charge in [0.2, 0.25) is 0 Å². The van der Waals surface area contributed by atoms with Crippen molar-refractivity contribution < 1.29 is 8.78 Å². The topological polar surface area (TPSA) is 38.0 Å². The summed E-state index contributed by atoms with van der Waals surface area (Å²) in [5, 5.41) is 3.39. The molecule has 0 aliphatic heterocycles. The van der Waals surface area contributed by atoms with Crippen LogP contribution in [0.15, 0.2) is 18.2 Å². The van der Waals surface area contributed by atoms with Crippen LogP contribution >= 0.6 is 0 Å². The molecule has 0 aromatic heterocycles. The van der Waals surface area contributed by atoms with Crippen molar-refractivity contribution in [3.05, 3.63) is 35.4 Å². The Bertz CT molecular complexity index is 393. The number of nitrogens with two attached hydrogens (primary N) is 1. The SMILES string of the molecule is CC(C)C(C)(CN)NCCc1ccc(F)c(F)c1. The Morgan fingerprint density at radius 3 is 2.44 bits per heavy atom. The number of benzene rings is 1. The number of hydrogen-bond donors (Lipinski definition) is 2. The smallest absolute Gasteiger partial charge is 0.159 e. The van der Waals surface area contributed by atoms with E-state index >= 15 is 0 Å². The van der Waals surface area contributed by atoms with Crippen molar-refractivity contribution in [2.45, 2.75) is 32.7 Å². The molecule has 102 valence electrons. The first-order chi connectivity index (χ1) is 8.39. The molecule has 4 heteroatoms. The third-order valence-corrected chi connectivity index (χ3v) is 3.62. The lowest BCUT2D eigenvalue weighted by molar-refractivity contribution is 0.271. The molecule has 0 amide bonds. The maximum absolute atomic E-state index is 13.0. The Labute approximate surface area is 108 Å². The highest BCUT2D eigenvalue weighted by Gasteiger charge is 2.25. The van der Waals surface area contributed by atoms with E-state index in [1.807, 2.05) is 0 Å². The Morgan fingerprint density at radius 2 is 1.94 bits per heavy atom. The first-order valence-electron chi connectivity index (χ1n) is 6.28. The van der Waals surface area contributed by atoms with Crippen molar-refractivity contribution in [1.82, 2.24) is 5.32 Å². The largest absolute Gasteiger partial charge is 0.329 e. The van der Waals surface area contributed by atoms with E-state index in [2.05, 4.69) is 26.1 Å². The van der Waals surface area contributed by atoms with Gasteiger partial charge >= 0.3 is 0 Å². The lowest BCUT2D eigenvalue weighted by atomic mass is 9.88. The third kappa shape index (κ3) is 3.75. The number of rotatable bonds is 6. The fourth-order valence-electron chi connectivity index (χ4n) is 1.70. The van der Waals surface area contributed by atoms with Crippen molar-refractivity contribution in [2.24, 2.45) is 11.7 Å². The molecule has 0 saturated heterocycles. The molecular weight excluding hydrogens is 234 g/mol. The third-order valence-electron chi connectivity index (χ3n) is 3.62. The van der Waals surface area contributed by atoms with Crippen LogP contribution in [-0.2, 0) is 6.42 Å².